The van der Waals surface area contributed by atoms with E-state index in [1.807, 2.05) is 32.8 Å². The Morgan fingerprint density at radius 2 is 1.61 bits per heavy atom. The van der Waals surface area contributed by atoms with E-state index in [-0.39, 0.29) is 23.2 Å². The number of nitrogens with zero attached hydrogens (tertiary/aromatic N) is 4. The second-order valence-electron chi connectivity index (χ2n) is 9.04. The number of anilines is 1. The summed E-state index contributed by atoms with van der Waals surface area (Å²) in [5, 5.41) is 0.644. The number of thiazole rings is 1. The van der Waals surface area contributed by atoms with E-state index in [0.717, 1.165) is 28.6 Å². The molecule has 2 aromatic carbocycles. The third-order valence-electron chi connectivity index (χ3n) is 6.09. The van der Waals surface area contributed by atoms with Crippen molar-refractivity contribution in [1.82, 2.24) is 14.2 Å². The molecule has 0 N–H and O–H groups in total. The van der Waals surface area contributed by atoms with Crippen molar-refractivity contribution in [3.05, 3.63) is 53.1 Å². The number of fused-ring (bicyclic) bond motifs is 1. The molecule has 0 aliphatic rings. The average molecular weight is 553 g/mol. The maximum atomic E-state index is 13.6. The van der Waals surface area contributed by atoms with Gasteiger partial charge in [-0.2, -0.15) is 4.31 Å². The molecule has 1 aromatic heterocycles. The molecule has 0 aliphatic carbocycles. The van der Waals surface area contributed by atoms with E-state index in [1.165, 1.54) is 33.3 Å². The van der Waals surface area contributed by atoms with Crippen LogP contribution in [0, 0.1) is 13.8 Å². The predicted molar refractivity (Wildman–Crippen MR) is 152 cm³/mol. The molecular formula is C26H37ClN4O3S2. The molecule has 10 heteroatoms. The van der Waals surface area contributed by atoms with Crippen LogP contribution in [0.15, 0.2) is 41.3 Å². The zero-order valence-corrected chi connectivity index (χ0v) is 24.4. The summed E-state index contributed by atoms with van der Waals surface area (Å²) in [5.74, 6) is -0.193. The highest BCUT2D eigenvalue weighted by Gasteiger charge is 2.25. The van der Waals surface area contributed by atoms with Crippen LogP contribution >= 0.6 is 23.7 Å². The molecule has 1 heterocycles. The number of carbonyl (C=O) groups is 1. The van der Waals surface area contributed by atoms with Gasteiger partial charge in [0.05, 0.1) is 15.1 Å². The number of hydrogen-bond donors (Lipinski definition) is 0. The fourth-order valence-corrected chi connectivity index (χ4v) is 6.28. The van der Waals surface area contributed by atoms with E-state index in [2.05, 4.69) is 26.0 Å². The van der Waals surface area contributed by atoms with Crippen molar-refractivity contribution >= 4 is 55.0 Å². The van der Waals surface area contributed by atoms with Gasteiger partial charge in [-0.05, 0) is 81.9 Å². The molecule has 0 bridgehead atoms. The first kappa shape index (κ1) is 30.2. The number of unbranched alkanes of at least 4 members (excludes halogenated alkanes) is 1. The Morgan fingerprint density at radius 1 is 0.972 bits per heavy atom. The largest absolute Gasteiger partial charge is 0.308 e. The van der Waals surface area contributed by atoms with Gasteiger partial charge in [0.15, 0.2) is 5.13 Å². The summed E-state index contributed by atoms with van der Waals surface area (Å²) < 4.78 is 28.6. The third kappa shape index (κ3) is 6.83. The SMILES string of the molecule is CCCCN(CC)S(=O)(=O)c1ccc(C(=O)N(CCN(C)C)c2nc3cc(C)c(C)cc3s2)cc1.Cl. The number of hydrogen-bond acceptors (Lipinski definition) is 6. The molecule has 0 aliphatic heterocycles. The molecule has 0 radical (unpaired) electrons. The lowest BCUT2D eigenvalue weighted by Gasteiger charge is -2.23. The number of sulfonamides is 1. The van der Waals surface area contributed by atoms with Gasteiger partial charge in [-0.1, -0.05) is 31.6 Å². The summed E-state index contributed by atoms with van der Waals surface area (Å²) in [7, 11) is 0.334. The fraction of sp³-hybridized carbons (Fsp3) is 0.462. The minimum atomic E-state index is -3.59. The molecular weight excluding hydrogens is 516 g/mol. The van der Waals surface area contributed by atoms with Crippen LogP contribution in [0.5, 0.6) is 0 Å². The van der Waals surface area contributed by atoms with Crippen molar-refractivity contribution in [2.24, 2.45) is 0 Å². The molecule has 0 saturated carbocycles. The Bertz CT molecular complexity index is 1240. The maximum absolute atomic E-state index is 13.6. The number of aryl methyl sites for hydroxylation is 2. The number of benzene rings is 2. The van der Waals surface area contributed by atoms with E-state index in [0.29, 0.717) is 36.9 Å². The topological polar surface area (TPSA) is 73.8 Å². The monoisotopic (exact) mass is 552 g/mol. The minimum absolute atomic E-state index is 0. The van der Waals surface area contributed by atoms with Crippen LogP contribution in [-0.2, 0) is 10.0 Å². The summed E-state index contributed by atoms with van der Waals surface area (Å²) in [4.78, 5) is 22.3. The van der Waals surface area contributed by atoms with Crippen LogP contribution in [0.4, 0.5) is 5.13 Å². The first-order valence-corrected chi connectivity index (χ1v) is 14.3. The van der Waals surface area contributed by atoms with Crippen molar-refractivity contribution in [3.63, 3.8) is 0 Å². The minimum Gasteiger partial charge on any atom is -0.308 e. The summed E-state index contributed by atoms with van der Waals surface area (Å²) >= 11 is 1.50. The van der Waals surface area contributed by atoms with Gasteiger partial charge in [-0.15, -0.1) is 12.4 Å². The smallest absolute Gasteiger partial charge is 0.260 e. The molecule has 3 aromatic rings. The summed E-state index contributed by atoms with van der Waals surface area (Å²) in [6.07, 6.45) is 1.73. The molecule has 0 saturated heterocycles. The highest BCUT2D eigenvalue weighted by atomic mass is 35.5. The Balaban J connectivity index is 0.00000456. The number of rotatable bonds is 11. The Hall–Kier alpha value is -2.04. The molecule has 0 fully saturated rings. The zero-order valence-electron chi connectivity index (χ0n) is 21.9. The van der Waals surface area contributed by atoms with Gasteiger partial charge in [0.2, 0.25) is 10.0 Å². The van der Waals surface area contributed by atoms with Crippen LogP contribution in [0.1, 0.15) is 48.2 Å². The molecule has 0 spiro atoms. The van der Waals surface area contributed by atoms with E-state index < -0.39 is 10.0 Å². The van der Waals surface area contributed by atoms with E-state index in [1.54, 1.807) is 17.0 Å². The van der Waals surface area contributed by atoms with Gasteiger partial charge in [-0.3, -0.25) is 9.69 Å². The van der Waals surface area contributed by atoms with Crippen LogP contribution < -0.4 is 4.90 Å². The Labute approximate surface area is 225 Å². The maximum Gasteiger partial charge on any atom is 0.260 e. The standard InChI is InChI=1S/C26H36N4O3S2.ClH/c1-7-9-14-29(8-2)35(32,33)22-12-10-21(11-13-22)25(31)30(16-15-28(5)6)26-27-23-17-19(3)20(4)18-24(23)34-26;/h10-13,17-18H,7-9,14-16H2,1-6H3;1H. The van der Waals surface area contributed by atoms with Gasteiger partial charge < -0.3 is 4.90 Å². The fourth-order valence-electron chi connectivity index (χ4n) is 3.72. The third-order valence-corrected chi connectivity index (χ3v) is 9.12. The number of amides is 1. The van der Waals surface area contributed by atoms with Gasteiger partial charge in [-0.25, -0.2) is 13.4 Å². The lowest BCUT2D eigenvalue weighted by molar-refractivity contribution is 0.0985. The van der Waals surface area contributed by atoms with Crippen LogP contribution in [0.2, 0.25) is 0 Å². The average Bonchev–Trinajstić information content (AvgIpc) is 3.21. The number of aromatic nitrogens is 1. The lowest BCUT2D eigenvalue weighted by atomic mass is 10.1. The van der Waals surface area contributed by atoms with Crippen LogP contribution in [-0.4, -0.2) is 68.8 Å². The molecule has 3 rings (SSSR count). The lowest BCUT2D eigenvalue weighted by Crippen LogP contribution is -2.36. The molecule has 198 valence electrons. The molecule has 7 nitrogen and oxygen atoms in total. The highest BCUT2D eigenvalue weighted by molar-refractivity contribution is 7.89. The van der Waals surface area contributed by atoms with Crippen LogP contribution in [0.25, 0.3) is 10.2 Å². The van der Waals surface area contributed by atoms with E-state index >= 15 is 0 Å². The normalized spacial score (nSPS) is 11.8. The Kier molecular flexibility index (Phi) is 10.9. The summed E-state index contributed by atoms with van der Waals surface area (Å²) in [5.41, 5.74) is 3.67. The van der Waals surface area contributed by atoms with Gasteiger partial charge >= 0.3 is 0 Å². The van der Waals surface area contributed by atoms with Gasteiger partial charge in [0.1, 0.15) is 0 Å². The van der Waals surface area contributed by atoms with Crippen molar-refractivity contribution in [3.8, 4) is 0 Å². The highest BCUT2D eigenvalue weighted by Crippen LogP contribution is 2.31. The molecule has 36 heavy (non-hydrogen) atoms. The summed E-state index contributed by atoms with van der Waals surface area (Å²) in [6, 6.07) is 10.4. The number of likely N-dealkylation sites (N-methyl/N-ethyl adjacent to an activating group) is 1. The number of halogens is 1. The van der Waals surface area contributed by atoms with Gasteiger partial charge in [0.25, 0.3) is 5.91 Å². The Morgan fingerprint density at radius 3 is 2.19 bits per heavy atom. The van der Waals surface area contributed by atoms with Crippen LogP contribution in [0.3, 0.4) is 0 Å². The van der Waals surface area contributed by atoms with Gasteiger partial charge in [0, 0.05) is 31.7 Å². The molecule has 0 unspecified atom stereocenters. The van der Waals surface area contributed by atoms with Crippen molar-refractivity contribution < 1.29 is 13.2 Å². The predicted octanol–water partition coefficient (Wildman–Crippen LogP) is 5.35. The quantitative estimate of drug-likeness (QED) is 0.320. The van der Waals surface area contributed by atoms with Crippen molar-refractivity contribution in [2.75, 3.05) is 45.2 Å². The van der Waals surface area contributed by atoms with E-state index in [4.69, 9.17) is 4.98 Å². The number of carbonyl (C=O) groups excluding carboxylic acids is 1. The van der Waals surface area contributed by atoms with Crippen molar-refractivity contribution in [1.29, 1.82) is 0 Å². The second-order valence-corrected chi connectivity index (χ2v) is 12.0. The van der Waals surface area contributed by atoms with Crippen molar-refractivity contribution in [2.45, 2.75) is 45.4 Å². The first-order chi connectivity index (χ1) is 16.6. The summed E-state index contributed by atoms with van der Waals surface area (Å²) in [6.45, 7) is 10.1. The second kappa shape index (κ2) is 13.0. The van der Waals surface area contributed by atoms with E-state index in [9.17, 15) is 13.2 Å². The first-order valence-electron chi connectivity index (χ1n) is 12.0. The zero-order chi connectivity index (χ0) is 25.8. The molecule has 1 amide bonds. The molecule has 0 atom stereocenters.